The SMILES string of the molecule is CC1(OCc2ccccc2)CC(CC(N)O)=CC(OCc2ccccc2)=C1c1ccc(F)cc1. The second kappa shape index (κ2) is 10.8. The molecule has 1 aliphatic carbocycles. The monoisotopic (exact) mass is 459 g/mol. The van der Waals surface area contributed by atoms with Crippen molar-refractivity contribution in [1.82, 2.24) is 0 Å². The molecule has 34 heavy (non-hydrogen) atoms. The van der Waals surface area contributed by atoms with E-state index >= 15 is 0 Å². The van der Waals surface area contributed by atoms with Gasteiger partial charge in [0.2, 0.25) is 0 Å². The van der Waals surface area contributed by atoms with Crippen LogP contribution >= 0.6 is 0 Å². The smallest absolute Gasteiger partial charge is 0.126 e. The summed E-state index contributed by atoms with van der Waals surface area (Å²) in [5.41, 5.74) is 9.61. The van der Waals surface area contributed by atoms with Gasteiger partial charge in [-0.2, -0.15) is 0 Å². The van der Waals surface area contributed by atoms with Crippen LogP contribution in [-0.2, 0) is 22.7 Å². The number of hydrogen-bond donors (Lipinski definition) is 2. The molecule has 0 radical (unpaired) electrons. The van der Waals surface area contributed by atoms with E-state index < -0.39 is 11.8 Å². The van der Waals surface area contributed by atoms with Gasteiger partial charge < -0.3 is 20.3 Å². The Morgan fingerprint density at radius 3 is 2.09 bits per heavy atom. The van der Waals surface area contributed by atoms with Gasteiger partial charge in [0.25, 0.3) is 0 Å². The van der Waals surface area contributed by atoms with Crippen molar-refractivity contribution in [2.24, 2.45) is 5.73 Å². The highest BCUT2D eigenvalue weighted by atomic mass is 19.1. The van der Waals surface area contributed by atoms with Gasteiger partial charge in [-0.15, -0.1) is 0 Å². The van der Waals surface area contributed by atoms with Crippen molar-refractivity contribution in [2.45, 2.75) is 44.8 Å². The average Bonchev–Trinajstić information content (AvgIpc) is 2.83. The molecule has 3 aromatic rings. The van der Waals surface area contributed by atoms with Crippen molar-refractivity contribution < 1.29 is 19.0 Å². The summed E-state index contributed by atoms with van der Waals surface area (Å²) < 4.78 is 26.6. The summed E-state index contributed by atoms with van der Waals surface area (Å²) in [7, 11) is 0. The summed E-state index contributed by atoms with van der Waals surface area (Å²) >= 11 is 0. The lowest BCUT2D eigenvalue weighted by atomic mass is 9.78. The zero-order valence-corrected chi connectivity index (χ0v) is 19.3. The van der Waals surface area contributed by atoms with Gasteiger partial charge in [0.15, 0.2) is 0 Å². The minimum atomic E-state index is -0.979. The second-order valence-corrected chi connectivity index (χ2v) is 8.78. The average molecular weight is 460 g/mol. The van der Waals surface area contributed by atoms with Crippen LogP contribution in [0.2, 0.25) is 0 Å². The first-order valence-corrected chi connectivity index (χ1v) is 11.4. The number of halogens is 1. The van der Waals surface area contributed by atoms with E-state index in [0.29, 0.717) is 31.8 Å². The van der Waals surface area contributed by atoms with Crippen molar-refractivity contribution >= 4 is 5.57 Å². The Kier molecular flexibility index (Phi) is 7.58. The number of nitrogens with two attached hydrogens (primary N) is 1. The molecule has 0 saturated heterocycles. The van der Waals surface area contributed by atoms with Crippen molar-refractivity contribution in [2.75, 3.05) is 0 Å². The van der Waals surface area contributed by atoms with Gasteiger partial charge in [0.05, 0.1) is 12.2 Å². The van der Waals surface area contributed by atoms with Crippen LogP contribution < -0.4 is 5.73 Å². The fraction of sp³-hybridized carbons (Fsp3) is 0.241. The van der Waals surface area contributed by atoms with Crippen LogP contribution in [0.1, 0.15) is 36.5 Å². The van der Waals surface area contributed by atoms with E-state index in [9.17, 15) is 9.50 Å². The van der Waals surface area contributed by atoms with Gasteiger partial charge in [0.1, 0.15) is 24.4 Å². The highest BCUT2D eigenvalue weighted by Crippen LogP contribution is 2.44. The molecular weight excluding hydrogens is 429 g/mol. The van der Waals surface area contributed by atoms with Crippen LogP contribution in [0.15, 0.2) is 102 Å². The molecule has 0 bridgehead atoms. The molecular formula is C29H30FNO3. The molecule has 2 atom stereocenters. The molecule has 3 N–H and O–H groups in total. The van der Waals surface area contributed by atoms with Gasteiger partial charge in [0, 0.05) is 18.4 Å². The van der Waals surface area contributed by atoms with Gasteiger partial charge in [-0.25, -0.2) is 4.39 Å². The maximum absolute atomic E-state index is 13.8. The third-order valence-corrected chi connectivity index (χ3v) is 5.92. The molecule has 0 fully saturated rings. The molecule has 3 aromatic carbocycles. The van der Waals surface area contributed by atoms with Crippen LogP contribution in [0.4, 0.5) is 4.39 Å². The van der Waals surface area contributed by atoms with Gasteiger partial charge in [-0.05, 0) is 41.8 Å². The summed E-state index contributed by atoms with van der Waals surface area (Å²) in [5, 5.41) is 9.89. The third-order valence-electron chi connectivity index (χ3n) is 5.92. The first-order valence-electron chi connectivity index (χ1n) is 11.4. The summed E-state index contributed by atoms with van der Waals surface area (Å²) in [6.07, 6.45) is 1.79. The van der Waals surface area contributed by atoms with E-state index in [1.165, 1.54) is 12.1 Å². The lowest BCUT2D eigenvalue weighted by molar-refractivity contribution is -0.00381. The number of aliphatic hydroxyl groups is 1. The second-order valence-electron chi connectivity index (χ2n) is 8.78. The predicted molar refractivity (Wildman–Crippen MR) is 132 cm³/mol. The Morgan fingerprint density at radius 2 is 1.50 bits per heavy atom. The van der Waals surface area contributed by atoms with Gasteiger partial charge >= 0.3 is 0 Å². The van der Waals surface area contributed by atoms with Crippen molar-refractivity contribution in [1.29, 1.82) is 0 Å². The summed E-state index contributed by atoms with van der Waals surface area (Å²) in [4.78, 5) is 0. The number of aliphatic hydroxyl groups excluding tert-OH is 1. The lowest BCUT2D eigenvalue weighted by Crippen LogP contribution is -2.35. The Balaban J connectivity index is 1.75. The topological polar surface area (TPSA) is 64.7 Å². The predicted octanol–water partition coefficient (Wildman–Crippen LogP) is 5.73. The quantitative estimate of drug-likeness (QED) is 0.401. The number of allylic oxidation sites excluding steroid dienone is 1. The molecule has 4 nitrogen and oxygen atoms in total. The number of hydrogen-bond acceptors (Lipinski definition) is 4. The molecule has 0 spiro atoms. The highest BCUT2D eigenvalue weighted by molar-refractivity contribution is 5.77. The molecule has 176 valence electrons. The van der Waals surface area contributed by atoms with Crippen LogP contribution in [0, 0.1) is 5.82 Å². The Hall–Kier alpha value is -3.25. The molecule has 0 heterocycles. The van der Waals surface area contributed by atoms with Crippen molar-refractivity contribution in [3.8, 4) is 0 Å². The first-order chi connectivity index (χ1) is 16.4. The van der Waals surface area contributed by atoms with E-state index in [-0.39, 0.29) is 5.82 Å². The summed E-state index contributed by atoms with van der Waals surface area (Å²) in [6.45, 7) is 2.77. The number of ether oxygens (including phenoxy) is 2. The van der Waals surface area contributed by atoms with E-state index in [2.05, 4.69) is 0 Å². The Bertz CT molecular complexity index is 1140. The van der Waals surface area contributed by atoms with E-state index in [0.717, 1.165) is 27.8 Å². The summed E-state index contributed by atoms with van der Waals surface area (Å²) in [5.74, 6) is 0.328. The molecule has 5 heteroatoms. The zero-order valence-electron chi connectivity index (χ0n) is 19.3. The van der Waals surface area contributed by atoms with Crippen LogP contribution in [0.5, 0.6) is 0 Å². The fourth-order valence-corrected chi connectivity index (χ4v) is 4.34. The molecule has 1 aliphatic rings. The molecule has 2 unspecified atom stereocenters. The minimum absolute atomic E-state index is 0.304. The maximum atomic E-state index is 13.8. The standard InChI is InChI=1S/C29H30FNO3/c1-29(34-20-22-10-6-3-7-11-22)18-23(17-27(31)32)16-26(33-19-21-8-4-2-5-9-21)28(29)24-12-14-25(30)15-13-24/h2-16,27,32H,17-20,31H2,1H3. The van der Waals surface area contributed by atoms with Gasteiger partial charge in [-0.1, -0.05) is 78.4 Å². The van der Waals surface area contributed by atoms with Crippen molar-refractivity contribution in [3.05, 3.63) is 125 Å². The van der Waals surface area contributed by atoms with E-state index in [1.54, 1.807) is 12.1 Å². The third kappa shape index (κ3) is 6.00. The lowest BCUT2D eigenvalue weighted by Gasteiger charge is -2.38. The molecule has 0 saturated carbocycles. The minimum Gasteiger partial charge on any atom is -0.488 e. The maximum Gasteiger partial charge on any atom is 0.126 e. The van der Waals surface area contributed by atoms with E-state index in [4.69, 9.17) is 15.2 Å². The van der Waals surface area contributed by atoms with Crippen LogP contribution in [0.25, 0.3) is 5.57 Å². The fourth-order valence-electron chi connectivity index (χ4n) is 4.34. The van der Waals surface area contributed by atoms with Gasteiger partial charge in [-0.3, -0.25) is 0 Å². The normalized spacial score (nSPS) is 19.0. The Labute approximate surface area is 200 Å². The first kappa shape index (κ1) is 23.9. The molecule has 0 aliphatic heterocycles. The molecule has 4 rings (SSSR count). The molecule has 0 aromatic heterocycles. The van der Waals surface area contributed by atoms with Crippen molar-refractivity contribution in [3.63, 3.8) is 0 Å². The van der Waals surface area contributed by atoms with E-state index in [1.807, 2.05) is 73.7 Å². The summed E-state index contributed by atoms with van der Waals surface area (Å²) in [6, 6.07) is 26.2. The molecule has 0 amide bonds. The number of rotatable bonds is 9. The van der Waals surface area contributed by atoms with Crippen LogP contribution in [0.3, 0.4) is 0 Å². The highest BCUT2D eigenvalue weighted by Gasteiger charge is 2.38. The zero-order chi connectivity index (χ0) is 24.0. The Morgan fingerprint density at radius 1 is 0.912 bits per heavy atom. The largest absolute Gasteiger partial charge is 0.488 e. The van der Waals surface area contributed by atoms with Crippen LogP contribution in [-0.4, -0.2) is 16.9 Å². The number of benzene rings is 3.